The van der Waals surface area contributed by atoms with Crippen LogP contribution in [-0.4, -0.2) is 4.57 Å². The largest absolute Gasteiger partial charge is 0.455 e. The molecule has 0 bridgehead atoms. The standard InChI is InChI=1S/C55H35NO/c1-4-15-36(16-5-1)37-27-30-41(31-28-37)56-51-26-13-11-22-44(51)47-33-38(29-32-52(47)56)42-23-14-24-45-48-34-46-43-21-10-12-25-49(43)55(39-17-6-2-7-18-39,40-19-8-3-9-20-40)50(46)35-53(48)57-54(42)45/h1-35H. The van der Waals surface area contributed by atoms with Crippen molar-refractivity contribution in [2.24, 2.45) is 0 Å². The molecule has 1 aliphatic carbocycles. The minimum absolute atomic E-state index is 0.481. The topological polar surface area (TPSA) is 18.1 Å². The van der Waals surface area contributed by atoms with Crippen LogP contribution in [0.15, 0.2) is 217 Å². The molecule has 2 aromatic heterocycles. The molecule has 57 heavy (non-hydrogen) atoms. The second-order valence-electron chi connectivity index (χ2n) is 15.2. The molecule has 0 aliphatic heterocycles. The van der Waals surface area contributed by atoms with E-state index in [9.17, 15) is 0 Å². The van der Waals surface area contributed by atoms with E-state index >= 15 is 0 Å². The monoisotopic (exact) mass is 725 g/mol. The van der Waals surface area contributed by atoms with Crippen molar-refractivity contribution in [1.29, 1.82) is 0 Å². The third-order valence-electron chi connectivity index (χ3n) is 12.3. The van der Waals surface area contributed by atoms with Crippen LogP contribution >= 0.6 is 0 Å². The van der Waals surface area contributed by atoms with E-state index in [1.54, 1.807) is 0 Å². The number of rotatable bonds is 5. The molecule has 1 aliphatic rings. The van der Waals surface area contributed by atoms with Gasteiger partial charge in [-0.05, 0) is 92.5 Å². The van der Waals surface area contributed by atoms with Gasteiger partial charge in [-0.2, -0.15) is 0 Å². The van der Waals surface area contributed by atoms with Gasteiger partial charge in [0.05, 0.1) is 16.4 Å². The Morgan fingerprint density at radius 1 is 0.351 bits per heavy atom. The van der Waals surface area contributed by atoms with Crippen molar-refractivity contribution >= 4 is 43.7 Å². The van der Waals surface area contributed by atoms with Gasteiger partial charge in [-0.1, -0.05) is 170 Å². The summed E-state index contributed by atoms with van der Waals surface area (Å²) in [5.74, 6) is 0. The van der Waals surface area contributed by atoms with Crippen molar-refractivity contribution in [1.82, 2.24) is 4.57 Å². The van der Waals surface area contributed by atoms with Crippen LogP contribution in [0.3, 0.4) is 0 Å². The first-order chi connectivity index (χ1) is 28.3. The number of benzene rings is 9. The minimum atomic E-state index is -0.481. The molecule has 0 saturated carbocycles. The lowest BCUT2D eigenvalue weighted by Crippen LogP contribution is -2.28. The van der Waals surface area contributed by atoms with E-state index in [2.05, 4.69) is 217 Å². The van der Waals surface area contributed by atoms with Gasteiger partial charge in [0.2, 0.25) is 0 Å². The second kappa shape index (κ2) is 12.3. The summed E-state index contributed by atoms with van der Waals surface area (Å²) >= 11 is 0. The zero-order valence-electron chi connectivity index (χ0n) is 31.1. The van der Waals surface area contributed by atoms with E-state index in [1.807, 2.05) is 0 Å². The third-order valence-corrected chi connectivity index (χ3v) is 12.3. The van der Waals surface area contributed by atoms with Gasteiger partial charge in [-0.15, -0.1) is 0 Å². The summed E-state index contributed by atoms with van der Waals surface area (Å²) in [5.41, 5.74) is 17.1. The van der Waals surface area contributed by atoms with Crippen molar-refractivity contribution in [3.63, 3.8) is 0 Å². The summed E-state index contributed by atoms with van der Waals surface area (Å²) in [6.45, 7) is 0. The maximum atomic E-state index is 7.04. The number of nitrogens with zero attached hydrogens (tertiary/aromatic N) is 1. The number of hydrogen-bond acceptors (Lipinski definition) is 1. The van der Waals surface area contributed by atoms with Crippen LogP contribution in [0.1, 0.15) is 22.3 Å². The highest BCUT2D eigenvalue weighted by Crippen LogP contribution is 2.57. The van der Waals surface area contributed by atoms with E-state index in [0.29, 0.717) is 0 Å². The summed E-state index contributed by atoms with van der Waals surface area (Å²) in [6.07, 6.45) is 0. The summed E-state index contributed by atoms with van der Waals surface area (Å²) in [5, 5.41) is 4.70. The SMILES string of the molecule is c1ccc(-c2ccc(-n3c4ccccc4c4cc(-c5cccc6c5oc5cc7c(cc56)-c5ccccc5C7(c5ccccc5)c5ccccc5)ccc43)cc2)cc1. The molecule has 2 heteroatoms. The molecule has 0 spiro atoms. The van der Waals surface area contributed by atoms with Crippen LogP contribution in [0.2, 0.25) is 0 Å². The zero-order chi connectivity index (χ0) is 37.5. The van der Waals surface area contributed by atoms with Gasteiger partial charge in [0, 0.05) is 32.8 Å². The van der Waals surface area contributed by atoms with Crippen molar-refractivity contribution in [2.75, 3.05) is 0 Å². The average Bonchev–Trinajstić information content (AvgIpc) is 3.92. The maximum absolute atomic E-state index is 7.04. The lowest BCUT2D eigenvalue weighted by molar-refractivity contribution is 0.667. The van der Waals surface area contributed by atoms with Gasteiger partial charge in [0.25, 0.3) is 0 Å². The molecule has 0 N–H and O–H groups in total. The van der Waals surface area contributed by atoms with Gasteiger partial charge in [-0.25, -0.2) is 0 Å². The Morgan fingerprint density at radius 2 is 0.947 bits per heavy atom. The fourth-order valence-electron chi connectivity index (χ4n) is 9.81. The predicted octanol–water partition coefficient (Wildman–Crippen LogP) is 14.4. The molecule has 0 fully saturated rings. The Morgan fingerprint density at radius 3 is 1.72 bits per heavy atom. The molecule has 11 aromatic rings. The second-order valence-corrected chi connectivity index (χ2v) is 15.2. The van der Waals surface area contributed by atoms with Crippen molar-refractivity contribution in [3.8, 4) is 39.1 Å². The van der Waals surface area contributed by atoms with E-state index in [0.717, 1.165) is 38.8 Å². The van der Waals surface area contributed by atoms with Crippen LogP contribution in [0, 0.1) is 0 Å². The van der Waals surface area contributed by atoms with Gasteiger partial charge < -0.3 is 8.98 Å². The van der Waals surface area contributed by atoms with E-state index in [4.69, 9.17) is 4.42 Å². The lowest BCUT2D eigenvalue weighted by atomic mass is 9.67. The highest BCUT2D eigenvalue weighted by Gasteiger charge is 2.46. The molecule has 2 nitrogen and oxygen atoms in total. The summed E-state index contributed by atoms with van der Waals surface area (Å²) in [7, 11) is 0. The van der Waals surface area contributed by atoms with Crippen LogP contribution in [0.5, 0.6) is 0 Å². The van der Waals surface area contributed by atoms with Crippen LogP contribution in [-0.2, 0) is 5.41 Å². The molecule has 266 valence electrons. The highest BCUT2D eigenvalue weighted by molar-refractivity contribution is 6.14. The summed E-state index contributed by atoms with van der Waals surface area (Å²) < 4.78 is 9.43. The zero-order valence-corrected chi connectivity index (χ0v) is 31.1. The molecular weight excluding hydrogens is 691 g/mol. The fourth-order valence-corrected chi connectivity index (χ4v) is 9.81. The van der Waals surface area contributed by atoms with E-state index in [1.165, 1.54) is 66.3 Å². The van der Waals surface area contributed by atoms with Gasteiger partial charge in [0.1, 0.15) is 11.2 Å². The Bertz CT molecular complexity index is 3280. The number of furan rings is 1. The van der Waals surface area contributed by atoms with Gasteiger partial charge >= 0.3 is 0 Å². The van der Waals surface area contributed by atoms with Crippen molar-refractivity contribution in [2.45, 2.75) is 5.41 Å². The summed E-state index contributed by atoms with van der Waals surface area (Å²) in [6, 6.07) is 77.2. The summed E-state index contributed by atoms with van der Waals surface area (Å²) in [4.78, 5) is 0. The minimum Gasteiger partial charge on any atom is -0.455 e. The van der Waals surface area contributed by atoms with Crippen LogP contribution in [0.25, 0.3) is 82.8 Å². The third kappa shape index (κ3) is 4.59. The maximum Gasteiger partial charge on any atom is 0.143 e. The molecule has 0 amide bonds. The predicted molar refractivity (Wildman–Crippen MR) is 236 cm³/mol. The Balaban J connectivity index is 1.04. The number of aromatic nitrogens is 1. The van der Waals surface area contributed by atoms with E-state index in [-0.39, 0.29) is 0 Å². The van der Waals surface area contributed by atoms with Crippen molar-refractivity contribution in [3.05, 3.63) is 235 Å². The van der Waals surface area contributed by atoms with Crippen LogP contribution in [0.4, 0.5) is 0 Å². The fraction of sp³-hybridized carbons (Fsp3) is 0.0182. The first kappa shape index (κ1) is 31.9. The first-order valence-electron chi connectivity index (χ1n) is 19.7. The molecule has 0 unspecified atom stereocenters. The van der Waals surface area contributed by atoms with Gasteiger partial charge in [-0.3, -0.25) is 0 Å². The lowest BCUT2D eigenvalue weighted by Gasteiger charge is -2.33. The smallest absolute Gasteiger partial charge is 0.143 e. The Labute approximate surface area is 330 Å². The Hall–Kier alpha value is -7.42. The molecule has 0 atom stereocenters. The quantitative estimate of drug-likeness (QED) is 0.173. The highest BCUT2D eigenvalue weighted by atomic mass is 16.3. The first-order valence-corrected chi connectivity index (χ1v) is 19.7. The molecule has 12 rings (SSSR count). The molecule has 2 heterocycles. The van der Waals surface area contributed by atoms with Gasteiger partial charge in [0.15, 0.2) is 0 Å². The number of hydrogen-bond donors (Lipinski definition) is 0. The molecule has 0 radical (unpaired) electrons. The molecule has 9 aromatic carbocycles. The Kier molecular flexibility index (Phi) is 6.88. The molecule has 0 saturated heterocycles. The normalized spacial score (nSPS) is 13.1. The number of fused-ring (bicyclic) bond motifs is 9. The molecular formula is C55H35NO. The van der Waals surface area contributed by atoms with Crippen molar-refractivity contribution < 1.29 is 4.42 Å². The number of para-hydroxylation sites is 2. The average molecular weight is 726 g/mol. The van der Waals surface area contributed by atoms with E-state index < -0.39 is 5.41 Å². The van der Waals surface area contributed by atoms with Crippen LogP contribution < -0.4 is 0 Å².